The van der Waals surface area contributed by atoms with Crippen molar-refractivity contribution in [2.75, 3.05) is 0 Å². The number of aryl methyl sites for hydroxylation is 2. The topological polar surface area (TPSA) is 68.0 Å². The minimum atomic E-state index is -0.0173. The summed E-state index contributed by atoms with van der Waals surface area (Å²) in [6.07, 6.45) is 7.56. The van der Waals surface area contributed by atoms with Crippen LogP contribution < -0.4 is 5.32 Å². The van der Waals surface area contributed by atoms with Crippen molar-refractivity contribution in [2.24, 2.45) is 0 Å². The zero-order valence-electron chi connectivity index (χ0n) is 14.2. The second kappa shape index (κ2) is 7.83. The van der Waals surface area contributed by atoms with Gasteiger partial charge >= 0.3 is 0 Å². The van der Waals surface area contributed by atoms with Crippen molar-refractivity contribution in [3.05, 3.63) is 40.9 Å². The van der Waals surface area contributed by atoms with Crippen molar-refractivity contribution in [2.45, 2.75) is 62.8 Å². The smallest absolute Gasteiger partial charge is 0.254 e. The van der Waals surface area contributed by atoms with E-state index >= 15 is 0 Å². The normalized spacial score (nSPS) is 15.4. The molecule has 0 saturated heterocycles. The number of hydrogen-bond donors (Lipinski definition) is 1. The second-order valence-electron chi connectivity index (χ2n) is 6.26. The first kappa shape index (κ1) is 17.0. The van der Waals surface area contributed by atoms with Gasteiger partial charge in [0.1, 0.15) is 10.8 Å². The predicted molar refractivity (Wildman–Crippen MR) is 94.1 cm³/mol. The molecule has 0 spiro atoms. The number of pyridine rings is 1. The van der Waals surface area contributed by atoms with Crippen LogP contribution in [0.1, 0.15) is 59.5 Å². The first-order valence-corrected chi connectivity index (χ1v) is 9.44. The highest BCUT2D eigenvalue weighted by Crippen LogP contribution is 2.27. The number of hydrogen-bond acceptors (Lipinski definition) is 5. The Kier molecular flexibility index (Phi) is 5.56. The highest BCUT2D eigenvalue weighted by molar-refractivity contribution is 7.98. The fourth-order valence-electron chi connectivity index (χ4n) is 3.04. The molecule has 2 aromatic heterocycles. The Bertz CT molecular complexity index is 689. The molecule has 0 bridgehead atoms. The fourth-order valence-corrected chi connectivity index (χ4v) is 4.18. The summed E-state index contributed by atoms with van der Waals surface area (Å²) in [4.78, 5) is 17.0. The zero-order valence-corrected chi connectivity index (χ0v) is 15.0. The lowest BCUT2D eigenvalue weighted by molar-refractivity contribution is 0.0924. The first-order chi connectivity index (χ1) is 11.6. The lowest BCUT2D eigenvalue weighted by Crippen LogP contribution is -2.36. The van der Waals surface area contributed by atoms with E-state index in [1.807, 2.05) is 26.0 Å². The summed E-state index contributed by atoms with van der Waals surface area (Å²) in [7, 11) is 0. The molecule has 1 fully saturated rings. The molecule has 24 heavy (non-hydrogen) atoms. The minimum absolute atomic E-state index is 0.0173. The maximum atomic E-state index is 12.6. The van der Waals surface area contributed by atoms with Gasteiger partial charge in [0, 0.05) is 23.6 Å². The number of nitrogens with one attached hydrogen (secondary N) is 1. The quantitative estimate of drug-likeness (QED) is 0.828. The van der Waals surface area contributed by atoms with E-state index < -0.39 is 0 Å². The van der Waals surface area contributed by atoms with Crippen LogP contribution in [0.15, 0.2) is 27.9 Å². The highest BCUT2D eigenvalue weighted by atomic mass is 32.2. The van der Waals surface area contributed by atoms with Crippen molar-refractivity contribution < 1.29 is 9.32 Å². The summed E-state index contributed by atoms with van der Waals surface area (Å²) in [6, 6.07) is 3.96. The third-order valence-electron chi connectivity index (χ3n) is 4.49. The van der Waals surface area contributed by atoms with E-state index in [0.717, 1.165) is 34.9 Å². The third kappa shape index (κ3) is 3.98. The lowest BCUT2D eigenvalue weighted by Gasteiger charge is -2.23. The Hall–Kier alpha value is -1.82. The zero-order chi connectivity index (χ0) is 16.9. The average molecular weight is 345 g/mol. The van der Waals surface area contributed by atoms with Crippen molar-refractivity contribution in [3.8, 4) is 0 Å². The van der Waals surface area contributed by atoms with Crippen LogP contribution in [-0.4, -0.2) is 22.1 Å². The molecule has 1 aliphatic carbocycles. The molecule has 0 atom stereocenters. The molecule has 0 radical (unpaired) electrons. The van der Waals surface area contributed by atoms with Crippen molar-refractivity contribution in [1.82, 2.24) is 15.5 Å². The third-order valence-corrected chi connectivity index (χ3v) is 5.52. The largest absolute Gasteiger partial charge is 0.361 e. The molecule has 0 aromatic carbocycles. The monoisotopic (exact) mass is 345 g/mol. The summed E-state index contributed by atoms with van der Waals surface area (Å²) in [5, 5.41) is 7.90. The Balaban J connectivity index is 1.69. The maximum absolute atomic E-state index is 12.6. The molecule has 1 N–H and O–H groups in total. The van der Waals surface area contributed by atoms with Gasteiger partial charge in [0.05, 0.1) is 11.3 Å². The molecular weight excluding hydrogens is 322 g/mol. The molecule has 2 heterocycles. The molecule has 1 amide bonds. The molecule has 5 nitrogen and oxygen atoms in total. The molecule has 128 valence electrons. The van der Waals surface area contributed by atoms with Gasteiger partial charge in [-0.2, -0.15) is 0 Å². The van der Waals surface area contributed by atoms with Crippen molar-refractivity contribution in [1.29, 1.82) is 0 Å². The van der Waals surface area contributed by atoms with Gasteiger partial charge in [0.2, 0.25) is 0 Å². The van der Waals surface area contributed by atoms with Crippen LogP contribution in [0, 0.1) is 13.8 Å². The number of amides is 1. The van der Waals surface area contributed by atoms with Crippen LogP contribution in [0.3, 0.4) is 0 Å². The van der Waals surface area contributed by atoms with Crippen LogP contribution in [0.2, 0.25) is 0 Å². The molecule has 3 rings (SSSR count). The number of carbonyl (C=O) groups excluding carboxylic acids is 1. The van der Waals surface area contributed by atoms with Crippen LogP contribution in [0.5, 0.6) is 0 Å². The van der Waals surface area contributed by atoms with E-state index in [4.69, 9.17) is 4.52 Å². The van der Waals surface area contributed by atoms with E-state index in [1.54, 1.807) is 18.0 Å². The standard InChI is InChI=1S/C18H23N3O2S/c1-12-16(13(2)23-21-12)11-24-18-15(9-6-10-19-18)17(22)20-14-7-4-3-5-8-14/h6,9-10,14H,3-5,7-8,11H2,1-2H3,(H,20,22). The summed E-state index contributed by atoms with van der Waals surface area (Å²) < 4.78 is 5.20. The van der Waals surface area contributed by atoms with E-state index in [1.165, 1.54) is 19.3 Å². The van der Waals surface area contributed by atoms with Gasteiger partial charge in [-0.05, 0) is 38.8 Å². The number of carbonyl (C=O) groups is 1. The van der Waals surface area contributed by atoms with E-state index in [-0.39, 0.29) is 5.91 Å². The van der Waals surface area contributed by atoms with Crippen molar-refractivity contribution >= 4 is 17.7 Å². The Morgan fingerprint density at radius 2 is 2.12 bits per heavy atom. The average Bonchev–Trinajstić information content (AvgIpc) is 2.92. The van der Waals surface area contributed by atoms with Crippen LogP contribution in [0.25, 0.3) is 0 Å². The second-order valence-corrected chi connectivity index (χ2v) is 7.22. The number of aromatic nitrogens is 2. The minimum Gasteiger partial charge on any atom is -0.361 e. The van der Waals surface area contributed by atoms with E-state index in [9.17, 15) is 4.79 Å². The van der Waals surface area contributed by atoms with Crippen LogP contribution in [-0.2, 0) is 5.75 Å². The molecule has 0 aliphatic heterocycles. The number of nitrogens with zero attached hydrogens (tertiary/aromatic N) is 2. The van der Waals surface area contributed by atoms with E-state index in [2.05, 4.69) is 15.5 Å². The Morgan fingerprint density at radius 1 is 1.33 bits per heavy atom. The first-order valence-electron chi connectivity index (χ1n) is 8.45. The SMILES string of the molecule is Cc1noc(C)c1CSc1ncccc1C(=O)NC1CCCCC1. The van der Waals surface area contributed by atoms with Gasteiger partial charge in [-0.15, -0.1) is 11.8 Å². The predicted octanol–water partition coefficient (Wildman–Crippen LogP) is 4.04. The van der Waals surface area contributed by atoms with Gasteiger partial charge in [-0.1, -0.05) is 24.4 Å². The molecule has 1 saturated carbocycles. The lowest BCUT2D eigenvalue weighted by atomic mass is 9.95. The summed E-state index contributed by atoms with van der Waals surface area (Å²) in [5.74, 6) is 1.50. The summed E-state index contributed by atoms with van der Waals surface area (Å²) in [6.45, 7) is 3.84. The fraction of sp³-hybridized carbons (Fsp3) is 0.500. The number of rotatable bonds is 5. The Morgan fingerprint density at radius 3 is 2.83 bits per heavy atom. The van der Waals surface area contributed by atoms with Gasteiger partial charge < -0.3 is 9.84 Å². The van der Waals surface area contributed by atoms with Crippen molar-refractivity contribution in [3.63, 3.8) is 0 Å². The number of thioether (sulfide) groups is 1. The maximum Gasteiger partial charge on any atom is 0.254 e. The van der Waals surface area contributed by atoms with Crippen LogP contribution >= 0.6 is 11.8 Å². The van der Waals surface area contributed by atoms with E-state index in [0.29, 0.717) is 17.4 Å². The van der Waals surface area contributed by atoms with Crippen LogP contribution in [0.4, 0.5) is 0 Å². The van der Waals surface area contributed by atoms with Gasteiger partial charge in [0.15, 0.2) is 0 Å². The van der Waals surface area contributed by atoms with Gasteiger partial charge in [0.25, 0.3) is 5.91 Å². The summed E-state index contributed by atoms with van der Waals surface area (Å²) >= 11 is 1.55. The Labute approximate surface area is 146 Å². The molecule has 1 aliphatic rings. The molecule has 2 aromatic rings. The highest BCUT2D eigenvalue weighted by Gasteiger charge is 2.20. The summed E-state index contributed by atoms with van der Waals surface area (Å²) in [5.41, 5.74) is 2.62. The van der Waals surface area contributed by atoms with Gasteiger partial charge in [-0.25, -0.2) is 4.98 Å². The molecule has 6 heteroatoms. The molecular formula is C18H23N3O2S. The van der Waals surface area contributed by atoms with Gasteiger partial charge in [-0.3, -0.25) is 4.79 Å². The molecule has 0 unspecified atom stereocenters.